The summed E-state index contributed by atoms with van der Waals surface area (Å²) in [6.45, 7) is 0. The molecule has 0 spiro atoms. The molecular weight excluding hydrogens is 200 g/mol. The lowest BCUT2D eigenvalue weighted by Crippen LogP contribution is -2.03. The molecular formula is C9H10N2O2S. The van der Waals surface area contributed by atoms with Crippen LogP contribution in [0.1, 0.15) is 11.9 Å². The molecule has 0 fully saturated rings. The van der Waals surface area contributed by atoms with Crippen LogP contribution in [0, 0.1) is 0 Å². The van der Waals surface area contributed by atoms with Crippen LogP contribution < -0.4 is 0 Å². The number of nitrogens with zero attached hydrogens (tertiary/aromatic N) is 2. The molecule has 0 saturated heterocycles. The van der Waals surface area contributed by atoms with E-state index in [0.717, 1.165) is 15.8 Å². The minimum absolute atomic E-state index is 0.346. The van der Waals surface area contributed by atoms with Crippen LogP contribution in [0.15, 0.2) is 18.2 Å². The van der Waals surface area contributed by atoms with Gasteiger partial charge in [-0.25, -0.2) is 0 Å². The zero-order chi connectivity index (χ0) is 9.97. The molecule has 2 rings (SSSR count). The molecule has 0 bridgehead atoms. The SMILES string of the molecule is COC(OC)c1cccc2nnsc12. The van der Waals surface area contributed by atoms with Gasteiger partial charge in [-0.3, -0.25) is 0 Å². The van der Waals surface area contributed by atoms with E-state index >= 15 is 0 Å². The minimum atomic E-state index is -0.346. The summed E-state index contributed by atoms with van der Waals surface area (Å²) in [6.07, 6.45) is -0.346. The van der Waals surface area contributed by atoms with E-state index in [0.29, 0.717) is 0 Å². The molecule has 0 aliphatic rings. The van der Waals surface area contributed by atoms with E-state index in [2.05, 4.69) is 9.59 Å². The van der Waals surface area contributed by atoms with Crippen molar-refractivity contribution in [2.24, 2.45) is 0 Å². The predicted octanol–water partition coefficient (Wildman–Crippen LogP) is 1.98. The number of benzene rings is 1. The van der Waals surface area contributed by atoms with Gasteiger partial charge in [-0.2, -0.15) is 0 Å². The van der Waals surface area contributed by atoms with Gasteiger partial charge in [0.1, 0.15) is 5.52 Å². The Morgan fingerprint density at radius 3 is 2.79 bits per heavy atom. The van der Waals surface area contributed by atoms with Crippen molar-refractivity contribution in [3.8, 4) is 0 Å². The zero-order valence-corrected chi connectivity index (χ0v) is 8.75. The first-order valence-electron chi connectivity index (χ1n) is 4.13. The lowest BCUT2D eigenvalue weighted by atomic mass is 10.2. The van der Waals surface area contributed by atoms with Gasteiger partial charge < -0.3 is 9.47 Å². The van der Waals surface area contributed by atoms with Crippen molar-refractivity contribution in [2.45, 2.75) is 6.29 Å². The lowest BCUT2D eigenvalue weighted by molar-refractivity contribution is -0.104. The molecule has 0 saturated carbocycles. The molecule has 74 valence electrons. The van der Waals surface area contributed by atoms with Gasteiger partial charge >= 0.3 is 0 Å². The molecule has 0 amide bonds. The summed E-state index contributed by atoms with van der Waals surface area (Å²) in [6, 6.07) is 5.80. The second-order valence-corrected chi connectivity index (χ2v) is 3.53. The third kappa shape index (κ3) is 1.50. The topological polar surface area (TPSA) is 44.2 Å². The van der Waals surface area contributed by atoms with Crippen molar-refractivity contribution in [3.63, 3.8) is 0 Å². The highest BCUT2D eigenvalue weighted by Gasteiger charge is 2.14. The van der Waals surface area contributed by atoms with Gasteiger partial charge in [0.2, 0.25) is 0 Å². The van der Waals surface area contributed by atoms with Crippen molar-refractivity contribution < 1.29 is 9.47 Å². The van der Waals surface area contributed by atoms with E-state index in [9.17, 15) is 0 Å². The van der Waals surface area contributed by atoms with Crippen LogP contribution in [0.4, 0.5) is 0 Å². The summed E-state index contributed by atoms with van der Waals surface area (Å²) in [7, 11) is 3.23. The highest BCUT2D eigenvalue weighted by atomic mass is 32.1. The van der Waals surface area contributed by atoms with Crippen LogP contribution in [-0.2, 0) is 9.47 Å². The predicted molar refractivity (Wildman–Crippen MR) is 54.2 cm³/mol. The summed E-state index contributed by atoms with van der Waals surface area (Å²) >= 11 is 1.35. The Balaban J connectivity index is 2.54. The van der Waals surface area contributed by atoms with Gasteiger partial charge in [0.25, 0.3) is 0 Å². The number of fused-ring (bicyclic) bond motifs is 1. The summed E-state index contributed by atoms with van der Waals surface area (Å²) in [5.41, 5.74) is 1.86. The number of hydrogen-bond donors (Lipinski definition) is 0. The van der Waals surface area contributed by atoms with Crippen molar-refractivity contribution in [1.82, 2.24) is 9.59 Å². The third-order valence-electron chi connectivity index (χ3n) is 1.99. The number of methoxy groups -OCH3 is 2. The summed E-state index contributed by atoms with van der Waals surface area (Å²) in [5.74, 6) is 0. The first kappa shape index (κ1) is 9.51. The fourth-order valence-corrected chi connectivity index (χ4v) is 2.04. The van der Waals surface area contributed by atoms with Crippen molar-refractivity contribution >= 4 is 21.7 Å². The normalized spacial score (nSPS) is 11.4. The molecule has 0 unspecified atom stereocenters. The van der Waals surface area contributed by atoms with Crippen LogP contribution in [0.5, 0.6) is 0 Å². The van der Waals surface area contributed by atoms with Gasteiger partial charge in [-0.1, -0.05) is 16.6 Å². The van der Waals surface area contributed by atoms with E-state index in [4.69, 9.17) is 9.47 Å². The molecule has 0 aliphatic carbocycles. The van der Waals surface area contributed by atoms with E-state index in [1.165, 1.54) is 11.5 Å². The maximum absolute atomic E-state index is 5.19. The van der Waals surface area contributed by atoms with Gasteiger partial charge in [-0.05, 0) is 17.6 Å². The van der Waals surface area contributed by atoms with Crippen LogP contribution >= 0.6 is 11.5 Å². The number of rotatable bonds is 3. The Labute approximate surface area is 85.6 Å². The van der Waals surface area contributed by atoms with Gasteiger partial charge in [-0.15, -0.1) is 5.10 Å². The average Bonchev–Trinajstić information content (AvgIpc) is 2.68. The van der Waals surface area contributed by atoms with Crippen molar-refractivity contribution in [2.75, 3.05) is 14.2 Å². The summed E-state index contributed by atoms with van der Waals surface area (Å²) in [4.78, 5) is 0. The second-order valence-electron chi connectivity index (χ2n) is 2.77. The van der Waals surface area contributed by atoms with Crippen LogP contribution in [0.2, 0.25) is 0 Å². The number of aromatic nitrogens is 2. The average molecular weight is 210 g/mol. The highest BCUT2D eigenvalue weighted by molar-refractivity contribution is 7.13. The first-order chi connectivity index (χ1) is 6.86. The van der Waals surface area contributed by atoms with Gasteiger partial charge in [0.15, 0.2) is 6.29 Å². The van der Waals surface area contributed by atoms with E-state index < -0.39 is 0 Å². The molecule has 5 heteroatoms. The molecule has 14 heavy (non-hydrogen) atoms. The molecule has 0 atom stereocenters. The number of ether oxygens (including phenoxy) is 2. The maximum atomic E-state index is 5.19. The third-order valence-corrected chi connectivity index (χ3v) is 2.78. The summed E-state index contributed by atoms with van der Waals surface area (Å²) in [5, 5.41) is 3.99. The largest absolute Gasteiger partial charge is 0.352 e. The Bertz CT molecular complexity index is 425. The van der Waals surface area contributed by atoms with Gasteiger partial charge in [0, 0.05) is 19.8 Å². The molecule has 1 aromatic carbocycles. The van der Waals surface area contributed by atoms with Crippen LogP contribution in [0.25, 0.3) is 10.2 Å². The molecule has 1 heterocycles. The maximum Gasteiger partial charge on any atom is 0.184 e. The van der Waals surface area contributed by atoms with E-state index in [-0.39, 0.29) is 6.29 Å². The Morgan fingerprint density at radius 2 is 2.07 bits per heavy atom. The van der Waals surface area contributed by atoms with E-state index in [1.54, 1.807) is 14.2 Å². The molecule has 1 aromatic heterocycles. The lowest BCUT2D eigenvalue weighted by Gasteiger charge is -2.13. The van der Waals surface area contributed by atoms with Crippen molar-refractivity contribution in [3.05, 3.63) is 23.8 Å². The van der Waals surface area contributed by atoms with Crippen LogP contribution in [0.3, 0.4) is 0 Å². The highest BCUT2D eigenvalue weighted by Crippen LogP contribution is 2.27. The molecule has 0 aliphatic heterocycles. The molecule has 4 nitrogen and oxygen atoms in total. The van der Waals surface area contributed by atoms with Gasteiger partial charge in [0.05, 0.1) is 4.70 Å². The smallest absolute Gasteiger partial charge is 0.184 e. The Hall–Kier alpha value is -1.04. The minimum Gasteiger partial charge on any atom is -0.352 e. The second kappa shape index (κ2) is 4.00. The fourth-order valence-electron chi connectivity index (χ4n) is 1.36. The standard InChI is InChI=1S/C9H10N2O2S/c1-12-9(13-2)6-4-3-5-7-8(6)14-11-10-7/h3-5,9H,1-2H3. The summed E-state index contributed by atoms with van der Waals surface area (Å²) < 4.78 is 15.3. The first-order valence-corrected chi connectivity index (χ1v) is 4.90. The molecule has 2 aromatic rings. The monoisotopic (exact) mass is 210 g/mol. The fraction of sp³-hybridized carbons (Fsp3) is 0.333. The van der Waals surface area contributed by atoms with Crippen LogP contribution in [-0.4, -0.2) is 23.8 Å². The zero-order valence-electron chi connectivity index (χ0n) is 7.93. The van der Waals surface area contributed by atoms with E-state index in [1.807, 2.05) is 18.2 Å². The number of hydrogen-bond acceptors (Lipinski definition) is 5. The Kier molecular flexibility index (Phi) is 2.72. The quantitative estimate of drug-likeness (QED) is 0.727. The molecule has 0 N–H and O–H groups in total. The van der Waals surface area contributed by atoms with Crippen molar-refractivity contribution in [1.29, 1.82) is 0 Å². The molecule has 0 radical (unpaired) electrons. The Morgan fingerprint density at radius 1 is 1.29 bits per heavy atom.